The van der Waals surface area contributed by atoms with E-state index in [0.717, 1.165) is 19.0 Å². The van der Waals surface area contributed by atoms with E-state index in [4.69, 9.17) is 14.6 Å². The van der Waals surface area contributed by atoms with E-state index in [1.165, 1.54) is 6.08 Å². The first-order valence-corrected chi connectivity index (χ1v) is 6.63. The van der Waals surface area contributed by atoms with Gasteiger partial charge < -0.3 is 19.5 Å². The Bertz CT molecular complexity index is 448. The van der Waals surface area contributed by atoms with E-state index in [1.807, 2.05) is 4.90 Å². The number of rotatable bonds is 10. The summed E-state index contributed by atoms with van der Waals surface area (Å²) in [7, 11) is 3.31. The zero-order chi connectivity index (χ0) is 15.5. The highest BCUT2D eigenvalue weighted by Gasteiger charge is 2.08. The summed E-state index contributed by atoms with van der Waals surface area (Å²) >= 11 is 0. The Balaban J connectivity index is 2.69. The van der Waals surface area contributed by atoms with Gasteiger partial charge in [0.25, 0.3) is 0 Å². The van der Waals surface area contributed by atoms with Crippen LogP contribution in [0.1, 0.15) is 12.0 Å². The summed E-state index contributed by atoms with van der Waals surface area (Å²) in [6.45, 7) is 2.70. The lowest BCUT2D eigenvalue weighted by Gasteiger charge is -2.22. The maximum atomic E-state index is 10.5. The maximum absolute atomic E-state index is 10.5. The van der Waals surface area contributed by atoms with Gasteiger partial charge in [0.2, 0.25) is 5.95 Å². The molecular formula is C14H21N3O4. The SMILES string of the molecule is COCCCN(CCOC)c1ncc(/C=C/C(=O)O)cn1. The van der Waals surface area contributed by atoms with Gasteiger partial charge >= 0.3 is 5.97 Å². The number of hydrogen-bond donors (Lipinski definition) is 1. The van der Waals surface area contributed by atoms with Crippen LogP contribution < -0.4 is 4.90 Å². The number of aliphatic carboxylic acids is 1. The molecule has 1 N–H and O–H groups in total. The first kappa shape index (κ1) is 17.1. The van der Waals surface area contributed by atoms with E-state index >= 15 is 0 Å². The van der Waals surface area contributed by atoms with Crippen LogP contribution in [0.25, 0.3) is 6.08 Å². The second-order valence-corrected chi connectivity index (χ2v) is 4.31. The number of hydrogen-bond acceptors (Lipinski definition) is 6. The van der Waals surface area contributed by atoms with Crippen LogP contribution in [0.2, 0.25) is 0 Å². The van der Waals surface area contributed by atoms with E-state index in [-0.39, 0.29) is 0 Å². The molecule has 0 bridgehead atoms. The molecule has 21 heavy (non-hydrogen) atoms. The molecule has 0 fully saturated rings. The third-order valence-electron chi connectivity index (χ3n) is 2.70. The van der Waals surface area contributed by atoms with Crippen LogP contribution >= 0.6 is 0 Å². The van der Waals surface area contributed by atoms with Crippen molar-refractivity contribution in [1.29, 1.82) is 0 Å². The predicted octanol–water partition coefficient (Wildman–Crippen LogP) is 1.06. The van der Waals surface area contributed by atoms with Crippen molar-refractivity contribution >= 4 is 18.0 Å². The highest BCUT2D eigenvalue weighted by Crippen LogP contribution is 2.09. The smallest absolute Gasteiger partial charge is 0.328 e. The molecule has 0 spiro atoms. The number of methoxy groups -OCH3 is 2. The molecule has 0 saturated heterocycles. The predicted molar refractivity (Wildman–Crippen MR) is 79.3 cm³/mol. The Morgan fingerprint density at radius 2 is 1.90 bits per heavy atom. The lowest BCUT2D eigenvalue weighted by Crippen LogP contribution is -2.30. The van der Waals surface area contributed by atoms with E-state index < -0.39 is 5.97 Å². The minimum absolute atomic E-state index is 0.580. The Hall–Kier alpha value is -1.99. The number of carbonyl (C=O) groups is 1. The number of carboxylic acid groups (broad SMARTS) is 1. The van der Waals surface area contributed by atoms with E-state index in [9.17, 15) is 4.79 Å². The fourth-order valence-corrected chi connectivity index (χ4v) is 1.66. The van der Waals surface area contributed by atoms with Crippen LogP contribution in [0, 0.1) is 0 Å². The number of nitrogens with zero attached hydrogens (tertiary/aromatic N) is 3. The van der Waals surface area contributed by atoms with Crippen molar-refractivity contribution in [3.63, 3.8) is 0 Å². The van der Waals surface area contributed by atoms with E-state index in [1.54, 1.807) is 26.6 Å². The van der Waals surface area contributed by atoms with E-state index in [0.29, 0.717) is 31.3 Å². The van der Waals surface area contributed by atoms with Crippen molar-refractivity contribution in [3.8, 4) is 0 Å². The summed E-state index contributed by atoms with van der Waals surface area (Å²) in [5.74, 6) is -0.406. The average Bonchev–Trinajstić information content (AvgIpc) is 2.49. The fraction of sp³-hybridized carbons (Fsp3) is 0.500. The molecule has 0 saturated carbocycles. The molecule has 0 atom stereocenters. The van der Waals surface area contributed by atoms with Crippen molar-refractivity contribution in [2.45, 2.75) is 6.42 Å². The molecule has 0 aliphatic rings. The van der Waals surface area contributed by atoms with Gasteiger partial charge in [-0.15, -0.1) is 0 Å². The standard InChI is InChI=1S/C14H21N3O4/c1-20-8-3-6-17(7-9-21-2)14-15-10-12(11-16-14)4-5-13(18)19/h4-5,10-11H,3,6-9H2,1-2H3,(H,18,19)/b5-4+. The molecular weight excluding hydrogens is 274 g/mol. The summed E-state index contributed by atoms with van der Waals surface area (Å²) in [6.07, 6.45) is 6.57. The van der Waals surface area contributed by atoms with Crippen molar-refractivity contribution < 1.29 is 19.4 Å². The zero-order valence-corrected chi connectivity index (χ0v) is 12.4. The first-order valence-electron chi connectivity index (χ1n) is 6.63. The summed E-state index contributed by atoms with van der Waals surface area (Å²) < 4.78 is 10.1. The Kier molecular flexibility index (Phi) is 8.00. The molecule has 0 aliphatic heterocycles. The van der Waals surface area contributed by atoms with Crippen LogP contribution in [0.3, 0.4) is 0 Å². The van der Waals surface area contributed by atoms with Crippen molar-refractivity contribution in [3.05, 3.63) is 24.0 Å². The number of ether oxygens (including phenoxy) is 2. The van der Waals surface area contributed by atoms with Gasteiger partial charge in [0.1, 0.15) is 0 Å². The summed E-state index contributed by atoms with van der Waals surface area (Å²) in [6, 6.07) is 0. The minimum Gasteiger partial charge on any atom is -0.478 e. The van der Waals surface area contributed by atoms with Crippen LogP contribution in [0.15, 0.2) is 18.5 Å². The molecule has 1 rings (SSSR count). The molecule has 0 aromatic carbocycles. The largest absolute Gasteiger partial charge is 0.478 e. The molecule has 0 unspecified atom stereocenters. The molecule has 0 radical (unpaired) electrons. The van der Waals surface area contributed by atoms with Crippen LogP contribution in [-0.2, 0) is 14.3 Å². The summed E-state index contributed by atoms with van der Waals surface area (Å²) in [5, 5.41) is 8.57. The molecule has 1 heterocycles. The Labute approximate surface area is 124 Å². The lowest BCUT2D eigenvalue weighted by molar-refractivity contribution is -0.131. The van der Waals surface area contributed by atoms with Gasteiger partial charge in [0.15, 0.2) is 0 Å². The van der Waals surface area contributed by atoms with Gasteiger partial charge in [-0.3, -0.25) is 0 Å². The van der Waals surface area contributed by atoms with Gasteiger partial charge in [-0.1, -0.05) is 0 Å². The molecule has 1 aromatic rings. The van der Waals surface area contributed by atoms with E-state index in [2.05, 4.69) is 9.97 Å². The minimum atomic E-state index is -1.000. The third kappa shape index (κ3) is 6.82. The van der Waals surface area contributed by atoms with Gasteiger partial charge in [0.05, 0.1) is 6.61 Å². The molecule has 0 aliphatic carbocycles. The topological polar surface area (TPSA) is 84.8 Å². The quantitative estimate of drug-likeness (QED) is 0.510. The zero-order valence-electron chi connectivity index (χ0n) is 12.4. The molecule has 1 aromatic heterocycles. The number of aromatic nitrogens is 2. The van der Waals surface area contributed by atoms with Gasteiger partial charge in [0, 0.05) is 57.9 Å². The molecule has 7 heteroatoms. The van der Waals surface area contributed by atoms with Gasteiger partial charge in [-0.05, 0) is 12.5 Å². The summed E-state index contributed by atoms with van der Waals surface area (Å²) in [4.78, 5) is 21.0. The maximum Gasteiger partial charge on any atom is 0.328 e. The first-order chi connectivity index (χ1) is 10.2. The number of anilines is 1. The second-order valence-electron chi connectivity index (χ2n) is 4.31. The second kappa shape index (κ2) is 9.84. The Morgan fingerprint density at radius 3 is 2.48 bits per heavy atom. The van der Waals surface area contributed by atoms with Crippen molar-refractivity contribution in [2.75, 3.05) is 45.4 Å². The fourth-order valence-electron chi connectivity index (χ4n) is 1.66. The Morgan fingerprint density at radius 1 is 1.24 bits per heavy atom. The number of carboxylic acids is 1. The van der Waals surface area contributed by atoms with Crippen molar-refractivity contribution in [2.24, 2.45) is 0 Å². The third-order valence-corrected chi connectivity index (χ3v) is 2.70. The van der Waals surface area contributed by atoms with Crippen LogP contribution in [-0.4, -0.2) is 61.6 Å². The average molecular weight is 295 g/mol. The van der Waals surface area contributed by atoms with Gasteiger partial charge in [-0.25, -0.2) is 14.8 Å². The molecule has 7 nitrogen and oxygen atoms in total. The lowest BCUT2D eigenvalue weighted by atomic mass is 10.3. The van der Waals surface area contributed by atoms with Gasteiger partial charge in [-0.2, -0.15) is 0 Å². The normalized spacial score (nSPS) is 11.0. The molecule has 116 valence electrons. The monoisotopic (exact) mass is 295 g/mol. The van der Waals surface area contributed by atoms with Crippen molar-refractivity contribution in [1.82, 2.24) is 9.97 Å². The highest BCUT2D eigenvalue weighted by atomic mass is 16.5. The summed E-state index contributed by atoms with van der Waals surface area (Å²) in [5.41, 5.74) is 0.643. The van der Waals surface area contributed by atoms with Crippen LogP contribution in [0.5, 0.6) is 0 Å². The highest BCUT2D eigenvalue weighted by molar-refractivity contribution is 5.85. The van der Waals surface area contributed by atoms with Crippen LogP contribution in [0.4, 0.5) is 5.95 Å². The molecule has 0 amide bonds.